The van der Waals surface area contributed by atoms with Gasteiger partial charge in [-0.05, 0) is 54.3 Å². The number of ketones is 1. The van der Waals surface area contributed by atoms with Gasteiger partial charge in [0.15, 0.2) is 17.3 Å². The zero-order chi connectivity index (χ0) is 21.0. The minimum atomic E-state index is -0.918. The summed E-state index contributed by atoms with van der Waals surface area (Å²) in [5.41, 5.74) is 2.39. The fourth-order valence-corrected chi connectivity index (χ4v) is 3.96. The van der Waals surface area contributed by atoms with Gasteiger partial charge in [0.2, 0.25) is 0 Å². The van der Waals surface area contributed by atoms with Crippen molar-refractivity contribution in [3.8, 4) is 11.5 Å². The van der Waals surface area contributed by atoms with E-state index in [0.29, 0.717) is 22.9 Å². The van der Waals surface area contributed by atoms with E-state index in [-0.39, 0.29) is 12.4 Å². The van der Waals surface area contributed by atoms with Crippen LogP contribution in [-0.2, 0) is 14.3 Å². The van der Waals surface area contributed by atoms with Gasteiger partial charge < -0.3 is 14.2 Å². The third kappa shape index (κ3) is 4.30. The monoisotopic (exact) mass is 414 g/mol. The third-order valence-corrected chi connectivity index (χ3v) is 5.41. The van der Waals surface area contributed by atoms with Crippen LogP contribution in [0.5, 0.6) is 11.5 Å². The molecule has 0 N–H and O–H groups in total. The number of carbonyl (C=O) groups excluding carboxylic acids is 2. The molecule has 0 radical (unpaired) electrons. The lowest BCUT2D eigenvalue weighted by atomic mass is 9.73. The van der Waals surface area contributed by atoms with Crippen LogP contribution in [0.2, 0.25) is 5.02 Å². The highest BCUT2D eigenvalue weighted by Crippen LogP contribution is 2.43. The molecule has 0 heterocycles. The summed E-state index contributed by atoms with van der Waals surface area (Å²) in [7, 11) is 3.13. The van der Waals surface area contributed by atoms with Crippen LogP contribution in [-0.4, -0.2) is 32.6 Å². The summed E-state index contributed by atoms with van der Waals surface area (Å²) >= 11 is 6.41. The molecule has 1 aliphatic carbocycles. The van der Waals surface area contributed by atoms with Gasteiger partial charge in [-0.2, -0.15) is 0 Å². The van der Waals surface area contributed by atoms with Crippen molar-refractivity contribution in [2.24, 2.45) is 5.92 Å². The van der Waals surface area contributed by atoms with E-state index in [4.69, 9.17) is 25.8 Å². The highest BCUT2D eigenvalue weighted by molar-refractivity contribution is 6.31. The Labute approximate surface area is 175 Å². The topological polar surface area (TPSA) is 61.8 Å². The van der Waals surface area contributed by atoms with E-state index < -0.39 is 17.8 Å². The van der Waals surface area contributed by atoms with Crippen LogP contribution in [0.4, 0.5) is 0 Å². The van der Waals surface area contributed by atoms with E-state index in [9.17, 15) is 9.59 Å². The Morgan fingerprint density at radius 2 is 1.83 bits per heavy atom. The van der Waals surface area contributed by atoms with E-state index in [1.807, 2.05) is 30.3 Å². The molecule has 2 atom stereocenters. The average Bonchev–Trinajstić information content (AvgIpc) is 2.73. The van der Waals surface area contributed by atoms with Crippen molar-refractivity contribution < 1.29 is 23.8 Å². The molecule has 0 saturated carbocycles. The fraction of sp³-hybridized carbons (Fsp3) is 0.304. The maximum absolute atomic E-state index is 13.0. The molecule has 152 valence electrons. The number of rotatable bonds is 6. The summed E-state index contributed by atoms with van der Waals surface area (Å²) in [6, 6.07) is 12.8. The van der Waals surface area contributed by atoms with Crippen LogP contribution < -0.4 is 9.47 Å². The van der Waals surface area contributed by atoms with Crippen molar-refractivity contribution in [3.63, 3.8) is 0 Å². The van der Waals surface area contributed by atoms with E-state index in [0.717, 1.165) is 16.7 Å². The summed E-state index contributed by atoms with van der Waals surface area (Å²) in [6.07, 6.45) is 1.99. The SMILES string of the molecule is CCOC(=O)C1C(=O)C=C(c2ccc(OC)c(OC)c2)CC1c1ccccc1Cl. The van der Waals surface area contributed by atoms with Gasteiger partial charge in [0.05, 0.1) is 20.8 Å². The second-order valence-electron chi connectivity index (χ2n) is 6.70. The first-order valence-corrected chi connectivity index (χ1v) is 9.75. The number of hydrogen-bond acceptors (Lipinski definition) is 5. The van der Waals surface area contributed by atoms with Crippen LogP contribution in [0.25, 0.3) is 5.57 Å². The third-order valence-electron chi connectivity index (χ3n) is 5.06. The molecule has 0 fully saturated rings. The average molecular weight is 415 g/mol. The molecule has 3 rings (SSSR count). The summed E-state index contributed by atoms with van der Waals surface area (Å²) in [5.74, 6) is -0.970. The summed E-state index contributed by atoms with van der Waals surface area (Å²) < 4.78 is 15.9. The van der Waals surface area contributed by atoms with E-state index >= 15 is 0 Å². The standard InChI is InChI=1S/C23H23ClO5/c1-4-29-23(26)22-17(16-7-5-6-8-18(16)24)11-15(12-19(22)25)14-9-10-20(27-2)21(13-14)28-3/h5-10,12-13,17,22H,4,11H2,1-3H3. The van der Waals surface area contributed by atoms with Crippen molar-refractivity contribution in [2.75, 3.05) is 20.8 Å². The fourth-order valence-electron chi connectivity index (χ4n) is 3.69. The molecule has 2 aromatic carbocycles. The second kappa shape index (κ2) is 9.14. The van der Waals surface area contributed by atoms with Crippen molar-refractivity contribution in [1.82, 2.24) is 0 Å². The second-order valence-corrected chi connectivity index (χ2v) is 7.11. The van der Waals surface area contributed by atoms with E-state index in [2.05, 4.69) is 0 Å². The highest BCUT2D eigenvalue weighted by Gasteiger charge is 2.40. The molecule has 0 aromatic heterocycles. The predicted molar refractivity (Wildman–Crippen MR) is 111 cm³/mol. The van der Waals surface area contributed by atoms with Crippen molar-refractivity contribution in [2.45, 2.75) is 19.3 Å². The van der Waals surface area contributed by atoms with Gasteiger partial charge in [-0.25, -0.2) is 0 Å². The number of halogens is 1. The Kier molecular flexibility index (Phi) is 6.60. The number of ether oxygens (including phenoxy) is 3. The van der Waals surface area contributed by atoms with Crippen LogP contribution >= 0.6 is 11.6 Å². The number of esters is 1. The zero-order valence-corrected chi connectivity index (χ0v) is 17.4. The van der Waals surface area contributed by atoms with Gasteiger partial charge in [-0.3, -0.25) is 9.59 Å². The van der Waals surface area contributed by atoms with E-state index in [1.54, 1.807) is 33.3 Å². The van der Waals surface area contributed by atoms with Gasteiger partial charge in [-0.15, -0.1) is 0 Å². The lowest BCUT2D eigenvalue weighted by Crippen LogP contribution is -2.34. The molecule has 2 aromatic rings. The van der Waals surface area contributed by atoms with Gasteiger partial charge in [0.25, 0.3) is 0 Å². The number of carbonyl (C=O) groups is 2. The van der Waals surface area contributed by atoms with Crippen molar-refractivity contribution >= 4 is 28.9 Å². The van der Waals surface area contributed by atoms with Gasteiger partial charge >= 0.3 is 5.97 Å². The smallest absolute Gasteiger partial charge is 0.317 e. The molecule has 6 heteroatoms. The minimum absolute atomic E-state index is 0.212. The van der Waals surface area contributed by atoms with Gasteiger partial charge in [0.1, 0.15) is 5.92 Å². The molecule has 5 nitrogen and oxygen atoms in total. The maximum atomic E-state index is 13.0. The summed E-state index contributed by atoms with van der Waals surface area (Å²) in [5, 5.41) is 0.521. The van der Waals surface area contributed by atoms with Gasteiger partial charge in [0, 0.05) is 10.9 Å². The predicted octanol–water partition coefficient (Wildman–Crippen LogP) is 4.68. The number of methoxy groups -OCH3 is 2. The minimum Gasteiger partial charge on any atom is -0.493 e. The molecule has 0 aliphatic heterocycles. The van der Waals surface area contributed by atoms with Crippen molar-refractivity contribution in [3.05, 3.63) is 64.7 Å². The molecule has 0 bridgehead atoms. The zero-order valence-electron chi connectivity index (χ0n) is 16.6. The Morgan fingerprint density at radius 3 is 2.48 bits per heavy atom. The maximum Gasteiger partial charge on any atom is 0.317 e. The van der Waals surface area contributed by atoms with Crippen LogP contribution in [0.15, 0.2) is 48.5 Å². The molecule has 29 heavy (non-hydrogen) atoms. The van der Waals surface area contributed by atoms with Crippen LogP contribution in [0.1, 0.15) is 30.4 Å². The molecule has 0 amide bonds. The Balaban J connectivity index is 2.06. The number of allylic oxidation sites excluding steroid dienone is 2. The molecule has 1 aliphatic rings. The van der Waals surface area contributed by atoms with Crippen LogP contribution in [0.3, 0.4) is 0 Å². The lowest BCUT2D eigenvalue weighted by molar-refractivity contribution is -0.151. The largest absolute Gasteiger partial charge is 0.493 e. The lowest BCUT2D eigenvalue weighted by Gasteiger charge is -2.30. The molecule has 0 saturated heterocycles. The van der Waals surface area contributed by atoms with Crippen molar-refractivity contribution in [1.29, 1.82) is 0 Å². The Morgan fingerprint density at radius 1 is 1.10 bits per heavy atom. The first-order chi connectivity index (χ1) is 14.0. The van der Waals surface area contributed by atoms with E-state index in [1.165, 1.54) is 6.08 Å². The Bertz CT molecular complexity index is 950. The van der Waals surface area contributed by atoms with Crippen LogP contribution in [0, 0.1) is 5.92 Å². The highest BCUT2D eigenvalue weighted by atomic mass is 35.5. The first kappa shape index (κ1) is 20.9. The summed E-state index contributed by atoms with van der Waals surface area (Å²) in [4.78, 5) is 25.6. The quantitative estimate of drug-likeness (QED) is 0.507. The summed E-state index contributed by atoms with van der Waals surface area (Å²) in [6.45, 7) is 1.94. The normalized spacial score (nSPS) is 18.8. The first-order valence-electron chi connectivity index (χ1n) is 9.38. The molecular formula is C23H23ClO5. The Hall–Kier alpha value is -2.79. The van der Waals surface area contributed by atoms with Gasteiger partial charge in [-0.1, -0.05) is 35.9 Å². The number of hydrogen-bond donors (Lipinski definition) is 0. The molecular weight excluding hydrogens is 392 g/mol. The molecule has 2 unspecified atom stereocenters. The number of benzene rings is 2. The molecule has 0 spiro atoms.